The third-order valence-electron chi connectivity index (χ3n) is 4.90. The lowest BCUT2D eigenvalue weighted by molar-refractivity contribution is -0.127. The molecule has 1 aromatic carbocycles. The lowest BCUT2D eigenvalue weighted by atomic mass is 9.74. The molecule has 1 unspecified atom stereocenters. The Kier molecular flexibility index (Phi) is 6.76. The summed E-state index contributed by atoms with van der Waals surface area (Å²) in [6.07, 6.45) is 4.48. The predicted octanol–water partition coefficient (Wildman–Crippen LogP) is 4.04. The second kappa shape index (κ2) is 8.39. The number of rotatable bonds is 6. The molecule has 1 N–H and O–H groups in total. The van der Waals surface area contributed by atoms with E-state index in [4.69, 9.17) is 0 Å². The summed E-state index contributed by atoms with van der Waals surface area (Å²) in [5, 5.41) is 0. The number of Topliss-reactive ketones (excluding diaryl/α,β-unsaturated/α-hetero) is 1. The van der Waals surface area contributed by atoms with Gasteiger partial charge in [-0.2, -0.15) is 0 Å². The van der Waals surface area contributed by atoms with Crippen molar-refractivity contribution in [1.29, 1.82) is 0 Å². The zero-order valence-electron chi connectivity index (χ0n) is 15.4. The first kappa shape index (κ1) is 19.3. The number of hydrogen-bond donors (Lipinski definition) is 1. The fourth-order valence-electron chi connectivity index (χ4n) is 3.48. The average molecular weight is 350 g/mol. The zero-order chi connectivity index (χ0) is 17.7. The monoisotopic (exact) mass is 349 g/mol. The van der Waals surface area contributed by atoms with Gasteiger partial charge in [0.25, 0.3) is 0 Å². The third-order valence-corrected chi connectivity index (χ3v) is 6.53. The highest BCUT2D eigenvalue weighted by molar-refractivity contribution is 7.84. The summed E-state index contributed by atoms with van der Waals surface area (Å²) in [4.78, 5) is 12.5. The summed E-state index contributed by atoms with van der Waals surface area (Å²) in [5.74, 6) is 0.676. The molecule has 0 amide bonds. The molecule has 4 heteroatoms. The molecule has 24 heavy (non-hydrogen) atoms. The van der Waals surface area contributed by atoms with Crippen LogP contribution in [0.1, 0.15) is 58.9 Å². The second-order valence-electron chi connectivity index (χ2n) is 7.99. The van der Waals surface area contributed by atoms with Crippen LogP contribution in [0.4, 0.5) is 0 Å². The van der Waals surface area contributed by atoms with Crippen molar-refractivity contribution in [2.45, 2.75) is 70.6 Å². The molecule has 134 valence electrons. The highest BCUT2D eigenvalue weighted by atomic mass is 32.2. The van der Waals surface area contributed by atoms with Gasteiger partial charge in [-0.1, -0.05) is 37.3 Å². The van der Waals surface area contributed by atoms with Crippen LogP contribution in [0.25, 0.3) is 0 Å². The van der Waals surface area contributed by atoms with Gasteiger partial charge in [0.05, 0.1) is 15.7 Å². The molecule has 3 nitrogen and oxygen atoms in total. The van der Waals surface area contributed by atoms with Crippen LogP contribution in [0, 0.1) is 11.8 Å². The molecular formula is C20H31NO2S. The zero-order valence-corrected chi connectivity index (χ0v) is 16.2. The highest BCUT2D eigenvalue weighted by Gasteiger charge is 2.37. The van der Waals surface area contributed by atoms with E-state index < -0.39 is 11.0 Å². The van der Waals surface area contributed by atoms with Crippen LogP contribution in [-0.4, -0.2) is 20.8 Å². The summed E-state index contributed by atoms with van der Waals surface area (Å²) in [6.45, 7) is 8.07. The summed E-state index contributed by atoms with van der Waals surface area (Å²) < 4.78 is 15.6. The number of nitrogens with one attached hydrogen (secondary N) is 1. The van der Waals surface area contributed by atoms with Gasteiger partial charge < -0.3 is 0 Å². The van der Waals surface area contributed by atoms with Crippen LogP contribution in [-0.2, 0) is 22.2 Å². The smallest absolute Gasteiger partial charge is 0.137 e. The van der Waals surface area contributed by atoms with Gasteiger partial charge in [-0.25, -0.2) is 8.93 Å². The first-order valence-electron chi connectivity index (χ1n) is 9.03. The van der Waals surface area contributed by atoms with Crippen molar-refractivity contribution in [1.82, 2.24) is 4.72 Å². The molecule has 0 bridgehead atoms. The van der Waals surface area contributed by atoms with Crippen molar-refractivity contribution < 1.29 is 9.00 Å². The first-order chi connectivity index (χ1) is 11.3. The van der Waals surface area contributed by atoms with Crippen molar-refractivity contribution >= 4 is 16.8 Å². The van der Waals surface area contributed by atoms with Gasteiger partial charge in [-0.3, -0.25) is 4.79 Å². The maximum absolute atomic E-state index is 12.6. The second-order valence-corrected chi connectivity index (χ2v) is 9.99. The molecule has 1 aromatic rings. The van der Waals surface area contributed by atoms with Gasteiger partial charge in [-0.15, -0.1) is 0 Å². The van der Waals surface area contributed by atoms with E-state index >= 15 is 0 Å². The van der Waals surface area contributed by atoms with Crippen LogP contribution >= 0.6 is 0 Å². The number of aryl methyl sites for hydroxylation is 1. The Balaban J connectivity index is 2.14. The van der Waals surface area contributed by atoms with E-state index in [0.29, 0.717) is 18.1 Å². The molecule has 1 aliphatic rings. The van der Waals surface area contributed by atoms with Crippen LogP contribution < -0.4 is 4.72 Å². The van der Waals surface area contributed by atoms with Gasteiger partial charge in [0.15, 0.2) is 0 Å². The quantitative estimate of drug-likeness (QED) is 0.842. The van der Waals surface area contributed by atoms with Crippen molar-refractivity contribution in [3.8, 4) is 0 Å². The van der Waals surface area contributed by atoms with Crippen LogP contribution in [0.3, 0.4) is 0 Å². The Morgan fingerprint density at radius 3 is 2.50 bits per heavy atom. The molecule has 1 saturated carbocycles. The molecule has 0 radical (unpaired) electrons. The Hall–Kier alpha value is -1.00. The van der Waals surface area contributed by atoms with Gasteiger partial charge in [-0.05, 0) is 57.9 Å². The summed E-state index contributed by atoms with van der Waals surface area (Å²) in [5.41, 5.74) is 1.27. The Bertz CT molecular complexity index is 565. The van der Waals surface area contributed by atoms with Crippen molar-refractivity contribution in [3.05, 3.63) is 35.9 Å². The van der Waals surface area contributed by atoms with E-state index in [1.54, 1.807) is 0 Å². The summed E-state index contributed by atoms with van der Waals surface area (Å²) in [6, 6.07) is 10.3. The third kappa shape index (κ3) is 5.25. The van der Waals surface area contributed by atoms with E-state index in [9.17, 15) is 9.00 Å². The highest BCUT2D eigenvalue weighted by Crippen LogP contribution is 2.32. The van der Waals surface area contributed by atoms with Gasteiger partial charge in [0.2, 0.25) is 0 Å². The van der Waals surface area contributed by atoms with Crippen molar-refractivity contribution in [2.75, 3.05) is 0 Å². The molecule has 2 rings (SSSR count). The summed E-state index contributed by atoms with van der Waals surface area (Å²) >= 11 is 0. The lowest BCUT2D eigenvalue weighted by Crippen LogP contribution is -2.49. The number of carbonyl (C=O) groups excluding carboxylic acids is 1. The molecule has 4 atom stereocenters. The normalized spacial score (nSPS) is 24.6. The molecule has 1 aliphatic carbocycles. The maximum atomic E-state index is 12.6. The summed E-state index contributed by atoms with van der Waals surface area (Å²) in [7, 11) is -1.16. The maximum Gasteiger partial charge on any atom is 0.137 e. The molecular weight excluding hydrogens is 318 g/mol. The molecule has 0 heterocycles. The van der Waals surface area contributed by atoms with Crippen molar-refractivity contribution in [3.63, 3.8) is 0 Å². The Morgan fingerprint density at radius 2 is 1.92 bits per heavy atom. The van der Waals surface area contributed by atoms with E-state index in [0.717, 1.165) is 25.7 Å². The van der Waals surface area contributed by atoms with E-state index in [-0.39, 0.29) is 16.7 Å². The molecule has 0 aromatic heterocycles. The molecule has 0 saturated heterocycles. The number of carbonyl (C=O) groups is 1. The fraction of sp³-hybridized carbons (Fsp3) is 0.650. The minimum atomic E-state index is -1.16. The standard InChI is InChI=1S/C20H31NO2S/c1-15-9-8-12-18(22)19(15)17(21-24(23)20(2,3)4)14-13-16-10-6-5-7-11-16/h5-7,10-11,15,17,19,21H,8-9,12-14H2,1-4H3/t15-,17-,19-,24?/m0/s1. The fourth-order valence-corrected chi connectivity index (χ4v) is 4.37. The number of benzene rings is 1. The first-order valence-corrected chi connectivity index (χ1v) is 10.2. The molecule has 1 fully saturated rings. The largest absolute Gasteiger partial charge is 0.299 e. The number of hydrogen-bond acceptors (Lipinski definition) is 2. The van der Waals surface area contributed by atoms with Crippen LogP contribution in [0.2, 0.25) is 0 Å². The van der Waals surface area contributed by atoms with Gasteiger partial charge in [0, 0.05) is 18.4 Å². The minimum Gasteiger partial charge on any atom is -0.299 e. The predicted molar refractivity (Wildman–Crippen MR) is 101 cm³/mol. The van der Waals surface area contributed by atoms with Crippen LogP contribution in [0.5, 0.6) is 0 Å². The van der Waals surface area contributed by atoms with Crippen LogP contribution in [0.15, 0.2) is 30.3 Å². The topological polar surface area (TPSA) is 46.2 Å². The molecule has 0 spiro atoms. The van der Waals surface area contributed by atoms with Gasteiger partial charge in [0.1, 0.15) is 5.78 Å². The Morgan fingerprint density at radius 1 is 1.25 bits per heavy atom. The number of ketones is 1. The van der Waals surface area contributed by atoms with Gasteiger partial charge >= 0.3 is 0 Å². The van der Waals surface area contributed by atoms with E-state index in [1.807, 2.05) is 39.0 Å². The molecule has 0 aliphatic heterocycles. The average Bonchev–Trinajstić information content (AvgIpc) is 2.52. The SMILES string of the molecule is C[C@H]1CCCC(=O)[C@@H]1[C@H](CCc1ccccc1)NS(=O)C(C)(C)C. The minimum absolute atomic E-state index is 0.0197. The van der Waals surface area contributed by atoms with E-state index in [2.05, 4.69) is 23.8 Å². The van der Waals surface area contributed by atoms with E-state index in [1.165, 1.54) is 5.56 Å². The Labute approximate surface area is 149 Å². The lowest BCUT2D eigenvalue weighted by Gasteiger charge is -2.35. The van der Waals surface area contributed by atoms with Crippen molar-refractivity contribution in [2.24, 2.45) is 11.8 Å².